The first kappa shape index (κ1) is 14.0. The Bertz CT molecular complexity index is 467. The van der Waals surface area contributed by atoms with Gasteiger partial charge >= 0.3 is 0 Å². The van der Waals surface area contributed by atoms with E-state index in [0.717, 1.165) is 52.1 Å². The number of piperazine rings is 1. The summed E-state index contributed by atoms with van der Waals surface area (Å²) in [6, 6.07) is 4.48. The molecule has 0 spiro atoms. The molecule has 2 fully saturated rings. The van der Waals surface area contributed by atoms with Gasteiger partial charge in [0.2, 0.25) is 5.91 Å². The Hall–Kier alpha value is -0.910. The maximum atomic E-state index is 12.7. The molecule has 0 radical (unpaired) electrons. The van der Waals surface area contributed by atoms with Gasteiger partial charge in [-0.3, -0.25) is 9.69 Å². The Morgan fingerprint density at radius 3 is 2.85 bits per heavy atom. The summed E-state index contributed by atoms with van der Waals surface area (Å²) in [4.78, 5) is 19.8. The standard InChI is InChI=1S/C15H23N3OS/c1-12-4-5-13(20-12)11-18-8-2-3-14(18)15(19)17-9-6-16-7-10-17/h4-5,14,16H,2-3,6-11H2,1H3. The molecule has 2 saturated heterocycles. The molecule has 5 heteroatoms. The zero-order chi connectivity index (χ0) is 13.9. The van der Waals surface area contributed by atoms with Gasteiger partial charge in [-0.05, 0) is 38.4 Å². The Kier molecular flexibility index (Phi) is 4.38. The van der Waals surface area contributed by atoms with Crippen LogP contribution in [0.15, 0.2) is 12.1 Å². The number of rotatable bonds is 3. The van der Waals surface area contributed by atoms with E-state index in [-0.39, 0.29) is 6.04 Å². The van der Waals surface area contributed by atoms with Gasteiger partial charge in [-0.1, -0.05) is 0 Å². The van der Waals surface area contributed by atoms with Gasteiger partial charge in [0.05, 0.1) is 6.04 Å². The van der Waals surface area contributed by atoms with Crippen LogP contribution in [0.4, 0.5) is 0 Å². The molecule has 3 heterocycles. The van der Waals surface area contributed by atoms with Crippen molar-refractivity contribution in [2.24, 2.45) is 0 Å². The van der Waals surface area contributed by atoms with E-state index in [1.54, 1.807) is 0 Å². The molecule has 2 aliphatic heterocycles. The van der Waals surface area contributed by atoms with Crippen molar-refractivity contribution in [3.63, 3.8) is 0 Å². The van der Waals surface area contributed by atoms with Crippen LogP contribution in [0.2, 0.25) is 0 Å². The van der Waals surface area contributed by atoms with Gasteiger partial charge in [-0.25, -0.2) is 0 Å². The summed E-state index contributed by atoms with van der Waals surface area (Å²) in [5.41, 5.74) is 0. The number of hydrogen-bond acceptors (Lipinski definition) is 4. The van der Waals surface area contributed by atoms with Crippen LogP contribution in [-0.2, 0) is 11.3 Å². The smallest absolute Gasteiger partial charge is 0.240 e. The highest BCUT2D eigenvalue weighted by molar-refractivity contribution is 7.11. The molecule has 1 unspecified atom stereocenters. The summed E-state index contributed by atoms with van der Waals surface area (Å²) in [5, 5.41) is 3.31. The molecule has 20 heavy (non-hydrogen) atoms. The maximum absolute atomic E-state index is 12.7. The second-order valence-corrected chi connectivity index (χ2v) is 7.09. The third-order valence-corrected chi connectivity index (χ3v) is 5.22. The van der Waals surface area contributed by atoms with Crippen LogP contribution in [0.3, 0.4) is 0 Å². The molecule has 0 bridgehead atoms. The molecule has 3 rings (SSSR count). The molecule has 1 amide bonds. The van der Waals surface area contributed by atoms with Crippen molar-refractivity contribution in [1.82, 2.24) is 15.1 Å². The summed E-state index contributed by atoms with van der Waals surface area (Å²) in [6.45, 7) is 7.72. The second kappa shape index (κ2) is 6.24. The van der Waals surface area contributed by atoms with Crippen LogP contribution in [0, 0.1) is 6.92 Å². The Balaban J connectivity index is 1.63. The Labute approximate surface area is 124 Å². The second-order valence-electron chi connectivity index (χ2n) is 5.72. The molecule has 0 aliphatic carbocycles. The monoisotopic (exact) mass is 293 g/mol. The van der Waals surface area contributed by atoms with E-state index in [1.165, 1.54) is 9.75 Å². The number of nitrogens with zero attached hydrogens (tertiary/aromatic N) is 2. The number of thiophene rings is 1. The molecule has 1 aromatic rings. The van der Waals surface area contributed by atoms with Gasteiger partial charge in [0.25, 0.3) is 0 Å². The lowest BCUT2D eigenvalue weighted by Gasteiger charge is -2.32. The molecule has 0 aromatic carbocycles. The predicted molar refractivity (Wildman–Crippen MR) is 81.9 cm³/mol. The highest BCUT2D eigenvalue weighted by Crippen LogP contribution is 2.25. The average Bonchev–Trinajstić information content (AvgIpc) is 3.09. The summed E-state index contributed by atoms with van der Waals surface area (Å²) >= 11 is 1.85. The third-order valence-electron chi connectivity index (χ3n) is 4.23. The molecule has 1 aromatic heterocycles. The molecular formula is C15H23N3OS. The summed E-state index contributed by atoms with van der Waals surface area (Å²) in [5.74, 6) is 0.345. The highest BCUT2D eigenvalue weighted by atomic mass is 32.1. The van der Waals surface area contributed by atoms with Gasteiger partial charge in [-0.15, -0.1) is 11.3 Å². The van der Waals surface area contributed by atoms with E-state index in [1.807, 2.05) is 16.2 Å². The van der Waals surface area contributed by atoms with Crippen molar-refractivity contribution in [2.75, 3.05) is 32.7 Å². The quantitative estimate of drug-likeness (QED) is 0.916. The van der Waals surface area contributed by atoms with Crippen LogP contribution in [0.5, 0.6) is 0 Å². The van der Waals surface area contributed by atoms with E-state index in [0.29, 0.717) is 5.91 Å². The van der Waals surface area contributed by atoms with Gasteiger partial charge in [0, 0.05) is 42.5 Å². The van der Waals surface area contributed by atoms with Crippen LogP contribution in [0.1, 0.15) is 22.6 Å². The van der Waals surface area contributed by atoms with E-state index >= 15 is 0 Å². The first-order valence-corrected chi connectivity index (χ1v) is 8.34. The number of hydrogen-bond donors (Lipinski definition) is 1. The summed E-state index contributed by atoms with van der Waals surface area (Å²) < 4.78 is 0. The number of nitrogens with one attached hydrogen (secondary N) is 1. The molecule has 0 saturated carbocycles. The number of amides is 1. The average molecular weight is 293 g/mol. The lowest BCUT2D eigenvalue weighted by atomic mass is 10.1. The lowest BCUT2D eigenvalue weighted by molar-refractivity contribution is -0.136. The third kappa shape index (κ3) is 3.05. The molecule has 110 valence electrons. The highest BCUT2D eigenvalue weighted by Gasteiger charge is 2.34. The van der Waals surface area contributed by atoms with Gasteiger partial charge in [-0.2, -0.15) is 0 Å². The zero-order valence-electron chi connectivity index (χ0n) is 12.1. The minimum absolute atomic E-state index is 0.107. The van der Waals surface area contributed by atoms with E-state index in [2.05, 4.69) is 29.3 Å². The Morgan fingerprint density at radius 1 is 1.35 bits per heavy atom. The van der Waals surface area contributed by atoms with Crippen LogP contribution < -0.4 is 5.32 Å². The fourth-order valence-corrected chi connectivity index (χ4v) is 4.08. The summed E-state index contributed by atoms with van der Waals surface area (Å²) in [6.07, 6.45) is 2.17. The minimum Gasteiger partial charge on any atom is -0.339 e. The number of carbonyl (C=O) groups excluding carboxylic acids is 1. The van der Waals surface area contributed by atoms with Crippen molar-refractivity contribution < 1.29 is 4.79 Å². The SMILES string of the molecule is Cc1ccc(CN2CCCC2C(=O)N2CCNCC2)s1. The molecule has 2 aliphatic rings. The first-order valence-electron chi connectivity index (χ1n) is 7.53. The number of likely N-dealkylation sites (tertiary alicyclic amines) is 1. The van der Waals surface area contributed by atoms with Crippen molar-refractivity contribution >= 4 is 17.2 Å². The molecule has 4 nitrogen and oxygen atoms in total. The summed E-state index contributed by atoms with van der Waals surface area (Å²) in [7, 11) is 0. The van der Waals surface area contributed by atoms with Crippen molar-refractivity contribution in [3.05, 3.63) is 21.9 Å². The van der Waals surface area contributed by atoms with E-state index < -0.39 is 0 Å². The number of aryl methyl sites for hydroxylation is 1. The largest absolute Gasteiger partial charge is 0.339 e. The number of carbonyl (C=O) groups is 1. The predicted octanol–water partition coefficient (Wildman–Crippen LogP) is 1.45. The normalized spacial score (nSPS) is 24.2. The van der Waals surface area contributed by atoms with Crippen LogP contribution in [0.25, 0.3) is 0 Å². The topological polar surface area (TPSA) is 35.6 Å². The first-order chi connectivity index (χ1) is 9.74. The minimum atomic E-state index is 0.107. The van der Waals surface area contributed by atoms with Gasteiger partial charge in [0.1, 0.15) is 0 Å². The Morgan fingerprint density at radius 2 is 2.15 bits per heavy atom. The van der Waals surface area contributed by atoms with Crippen molar-refractivity contribution in [3.8, 4) is 0 Å². The molecule has 1 N–H and O–H groups in total. The maximum Gasteiger partial charge on any atom is 0.240 e. The van der Waals surface area contributed by atoms with Crippen LogP contribution in [-0.4, -0.2) is 54.5 Å². The van der Waals surface area contributed by atoms with Gasteiger partial charge in [0.15, 0.2) is 0 Å². The van der Waals surface area contributed by atoms with E-state index in [9.17, 15) is 4.79 Å². The van der Waals surface area contributed by atoms with E-state index in [4.69, 9.17) is 0 Å². The fraction of sp³-hybridized carbons (Fsp3) is 0.667. The zero-order valence-corrected chi connectivity index (χ0v) is 12.9. The van der Waals surface area contributed by atoms with Crippen molar-refractivity contribution in [1.29, 1.82) is 0 Å². The molecule has 1 atom stereocenters. The van der Waals surface area contributed by atoms with Crippen LogP contribution >= 0.6 is 11.3 Å². The van der Waals surface area contributed by atoms with Crippen molar-refractivity contribution in [2.45, 2.75) is 32.4 Å². The molecular weight excluding hydrogens is 270 g/mol. The van der Waals surface area contributed by atoms with Gasteiger partial charge < -0.3 is 10.2 Å². The fourth-order valence-electron chi connectivity index (χ4n) is 3.16. The lowest BCUT2D eigenvalue weighted by Crippen LogP contribution is -2.52.